The second-order valence-corrected chi connectivity index (χ2v) is 5.91. The Labute approximate surface area is 149 Å². The summed E-state index contributed by atoms with van der Waals surface area (Å²) in [6.45, 7) is 3.79. The van der Waals surface area contributed by atoms with Gasteiger partial charge in [0.15, 0.2) is 0 Å². The molecular formula is C16H25Cl2N5. The first-order valence-electron chi connectivity index (χ1n) is 8.04. The molecule has 5 nitrogen and oxygen atoms in total. The molecular weight excluding hydrogens is 333 g/mol. The lowest BCUT2D eigenvalue weighted by Crippen LogP contribution is -2.09. The standard InChI is InChI=1S/C16H24ClN5.ClH/c1-2-3-4-5-6-7-12-22-16(19-20-21-22)18-13-14-8-10-15(17)11-9-14;/h8-11H,2-7,12-13H2,1H3,(H,18,19,21);1H. The molecule has 0 unspecified atom stereocenters. The van der Waals surface area contributed by atoms with E-state index in [0.717, 1.165) is 29.5 Å². The summed E-state index contributed by atoms with van der Waals surface area (Å²) in [7, 11) is 0. The normalized spacial score (nSPS) is 10.3. The number of halogens is 2. The molecule has 128 valence electrons. The van der Waals surface area contributed by atoms with E-state index in [2.05, 4.69) is 27.8 Å². The topological polar surface area (TPSA) is 55.6 Å². The molecule has 0 atom stereocenters. The van der Waals surface area contributed by atoms with Crippen molar-refractivity contribution in [3.8, 4) is 0 Å². The van der Waals surface area contributed by atoms with Gasteiger partial charge in [0.1, 0.15) is 0 Å². The van der Waals surface area contributed by atoms with Crippen LogP contribution in [0.1, 0.15) is 51.0 Å². The van der Waals surface area contributed by atoms with Crippen LogP contribution in [0.5, 0.6) is 0 Å². The van der Waals surface area contributed by atoms with Gasteiger partial charge in [-0.2, -0.15) is 0 Å². The van der Waals surface area contributed by atoms with Crippen LogP contribution in [0.3, 0.4) is 0 Å². The Hall–Kier alpha value is -1.33. The van der Waals surface area contributed by atoms with Crippen LogP contribution in [0, 0.1) is 0 Å². The van der Waals surface area contributed by atoms with Crippen molar-refractivity contribution in [2.75, 3.05) is 5.32 Å². The molecule has 1 heterocycles. The summed E-state index contributed by atoms with van der Waals surface area (Å²) in [5.41, 5.74) is 1.15. The number of nitrogens with one attached hydrogen (secondary N) is 1. The van der Waals surface area contributed by atoms with Gasteiger partial charge >= 0.3 is 0 Å². The summed E-state index contributed by atoms with van der Waals surface area (Å²) in [6, 6.07) is 7.77. The maximum atomic E-state index is 5.88. The Morgan fingerprint density at radius 3 is 2.48 bits per heavy atom. The van der Waals surface area contributed by atoms with Crippen LogP contribution in [-0.4, -0.2) is 20.2 Å². The summed E-state index contributed by atoms with van der Waals surface area (Å²) in [6.07, 6.45) is 7.59. The largest absolute Gasteiger partial charge is 0.349 e. The van der Waals surface area contributed by atoms with Crippen LogP contribution in [0.25, 0.3) is 0 Å². The smallest absolute Gasteiger partial charge is 0.243 e. The number of hydrogen-bond donors (Lipinski definition) is 1. The molecule has 2 rings (SSSR count). The molecule has 7 heteroatoms. The molecule has 0 aliphatic carbocycles. The molecule has 0 saturated heterocycles. The number of nitrogens with zero attached hydrogens (tertiary/aromatic N) is 4. The van der Waals surface area contributed by atoms with E-state index < -0.39 is 0 Å². The fourth-order valence-electron chi connectivity index (χ4n) is 2.31. The average Bonchev–Trinajstić information content (AvgIpc) is 2.98. The van der Waals surface area contributed by atoms with E-state index >= 15 is 0 Å². The minimum absolute atomic E-state index is 0. The van der Waals surface area contributed by atoms with Crippen LogP contribution >= 0.6 is 24.0 Å². The Morgan fingerprint density at radius 2 is 1.74 bits per heavy atom. The zero-order valence-electron chi connectivity index (χ0n) is 13.5. The van der Waals surface area contributed by atoms with Crippen LogP contribution in [0.4, 0.5) is 5.95 Å². The van der Waals surface area contributed by atoms with Crippen molar-refractivity contribution in [3.05, 3.63) is 34.9 Å². The van der Waals surface area contributed by atoms with E-state index in [4.69, 9.17) is 11.6 Å². The monoisotopic (exact) mass is 357 g/mol. The first-order valence-corrected chi connectivity index (χ1v) is 8.42. The van der Waals surface area contributed by atoms with Crippen molar-refractivity contribution in [2.24, 2.45) is 0 Å². The van der Waals surface area contributed by atoms with Crippen LogP contribution in [0.2, 0.25) is 5.02 Å². The third-order valence-corrected chi connectivity index (χ3v) is 3.87. The lowest BCUT2D eigenvalue weighted by atomic mass is 10.1. The van der Waals surface area contributed by atoms with E-state index in [1.165, 1.54) is 32.1 Å². The minimum atomic E-state index is 0. The van der Waals surface area contributed by atoms with E-state index in [1.54, 1.807) is 0 Å². The second-order valence-electron chi connectivity index (χ2n) is 5.47. The van der Waals surface area contributed by atoms with Gasteiger partial charge < -0.3 is 5.32 Å². The predicted molar refractivity (Wildman–Crippen MR) is 97.2 cm³/mol. The maximum absolute atomic E-state index is 5.88. The summed E-state index contributed by atoms with van der Waals surface area (Å²) in [5, 5.41) is 15.9. The molecule has 0 amide bonds. The highest BCUT2D eigenvalue weighted by Gasteiger charge is 2.05. The van der Waals surface area contributed by atoms with Crippen molar-refractivity contribution in [1.82, 2.24) is 20.2 Å². The number of hydrogen-bond acceptors (Lipinski definition) is 4. The summed E-state index contributed by atoms with van der Waals surface area (Å²) < 4.78 is 1.84. The van der Waals surface area contributed by atoms with E-state index in [0.29, 0.717) is 6.54 Å². The highest BCUT2D eigenvalue weighted by Crippen LogP contribution is 2.12. The Morgan fingerprint density at radius 1 is 1.04 bits per heavy atom. The number of aromatic nitrogens is 4. The van der Waals surface area contributed by atoms with Crippen molar-refractivity contribution in [2.45, 2.75) is 58.5 Å². The first-order chi connectivity index (χ1) is 10.8. The molecule has 0 aliphatic rings. The zero-order chi connectivity index (χ0) is 15.6. The fourth-order valence-corrected chi connectivity index (χ4v) is 2.43. The van der Waals surface area contributed by atoms with Crippen LogP contribution < -0.4 is 5.32 Å². The molecule has 0 spiro atoms. The molecule has 0 aliphatic heterocycles. The number of unbranched alkanes of at least 4 members (excludes halogenated alkanes) is 5. The van der Waals surface area contributed by atoms with Gasteiger partial charge in [-0.3, -0.25) is 0 Å². The number of aryl methyl sites for hydroxylation is 1. The Balaban J connectivity index is 0.00000264. The Kier molecular flexibility index (Phi) is 9.64. The summed E-state index contributed by atoms with van der Waals surface area (Å²) in [4.78, 5) is 0. The van der Waals surface area contributed by atoms with Crippen molar-refractivity contribution in [3.63, 3.8) is 0 Å². The van der Waals surface area contributed by atoms with E-state index in [1.807, 2.05) is 28.9 Å². The highest BCUT2D eigenvalue weighted by molar-refractivity contribution is 6.30. The van der Waals surface area contributed by atoms with Gasteiger partial charge in [-0.25, -0.2) is 4.68 Å². The van der Waals surface area contributed by atoms with Crippen LogP contribution in [0.15, 0.2) is 24.3 Å². The van der Waals surface area contributed by atoms with Crippen molar-refractivity contribution >= 4 is 30.0 Å². The lowest BCUT2D eigenvalue weighted by molar-refractivity contribution is 0.519. The second kappa shape index (κ2) is 11.2. The molecule has 1 aromatic heterocycles. The van der Waals surface area contributed by atoms with Gasteiger partial charge in [-0.15, -0.1) is 12.4 Å². The quantitative estimate of drug-likeness (QED) is 0.625. The Bertz CT molecular complexity index is 542. The molecule has 1 aromatic carbocycles. The van der Waals surface area contributed by atoms with E-state index in [9.17, 15) is 0 Å². The SMILES string of the molecule is CCCCCCCCn1nnnc1NCc1ccc(Cl)cc1.Cl. The lowest BCUT2D eigenvalue weighted by Gasteiger charge is -2.07. The number of benzene rings is 1. The van der Waals surface area contributed by atoms with Gasteiger partial charge in [-0.05, 0) is 34.5 Å². The molecule has 0 saturated carbocycles. The predicted octanol–water partition coefficient (Wildman–Crippen LogP) is 4.72. The summed E-state index contributed by atoms with van der Waals surface area (Å²) >= 11 is 5.88. The van der Waals surface area contributed by atoms with Gasteiger partial charge in [0, 0.05) is 18.1 Å². The fraction of sp³-hybridized carbons (Fsp3) is 0.562. The third-order valence-electron chi connectivity index (χ3n) is 3.62. The maximum Gasteiger partial charge on any atom is 0.243 e. The summed E-state index contributed by atoms with van der Waals surface area (Å²) in [5.74, 6) is 0.725. The zero-order valence-corrected chi connectivity index (χ0v) is 15.1. The molecule has 2 aromatic rings. The molecule has 23 heavy (non-hydrogen) atoms. The molecule has 0 radical (unpaired) electrons. The first kappa shape index (κ1) is 19.7. The number of tetrazole rings is 1. The van der Waals surface area contributed by atoms with Crippen molar-refractivity contribution < 1.29 is 0 Å². The minimum Gasteiger partial charge on any atom is -0.349 e. The molecule has 0 fully saturated rings. The number of rotatable bonds is 10. The number of anilines is 1. The van der Waals surface area contributed by atoms with Gasteiger partial charge in [0.2, 0.25) is 5.95 Å². The van der Waals surface area contributed by atoms with Gasteiger partial charge in [0.05, 0.1) is 0 Å². The van der Waals surface area contributed by atoms with E-state index in [-0.39, 0.29) is 12.4 Å². The van der Waals surface area contributed by atoms with Gasteiger partial charge in [0.25, 0.3) is 0 Å². The van der Waals surface area contributed by atoms with Gasteiger partial charge in [-0.1, -0.05) is 67.9 Å². The molecule has 1 N–H and O–H groups in total. The third kappa shape index (κ3) is 7.18. The van der Waals surface area contributed by atoms with Crippen molar-refractivity contribution in [1.29, 1.82) is 0 Å². The average molecular weight is 358 g/mol. The highest BCUT2D eigenvalue weighted by atomic mass is 35.5. The molecule has 0 bridgehead atoms. The van der Waals surface area contributed by atoms with Crippen LogP contribution in [-0.2, 0) is 13.1 Å².